The molecule has 0 nitrogen and oxygen atoms in total. The van der Waals surface area contributed by atoms with Crippen LogP contribution in [-0.4, -0.2) is 0 Å². The molecule has 1 aliphatic carbocycles. The van der Waals surface area contributed by atoms with E-state index in [1.165, 1.54) is 0 Å². The number of rotatable bonds is 0. The fourth-order valence-electron chi connectivity index (χ4n) is 1.15. The van der Waals surface area contributed by atoms with Crippen molar-refractivity contribution >= 4 is 0 Å². The third kappa shape index (κ3) is 2.07. The van der Waals surface area contributed by atoms with E-state index in [1.54, 1.807) is 0 Å². The highest BCUT2D eigenvalue weighted by Crippen LogP contribution is 2.30. The standard InChI is InChI=1S/C11H16/c1-9-5-7-10(8-6-9)11(2,3)4/h5-8,10H,1H2,2-4H3. The van der Waals surface area contributed by atoms with E-state index in [2.05, 4.69) is 51.7 Å². The number of allylic oxidation sites excluding steroid dienone is 5. The zero-order valence-electron chi connectivity index (χ0n) is 7.59. The highest BCUT2D eigenvalue weighted by Gasteiger charge is 2.20. The van der Waals surface area contributed by atoms with Crippen LogP contribution >= 0.6 is 0 Å². The van der Waals surface area contributed by atoms with Crippen LogP contribution in [0.5, 0.6) is 0 Å². The molecule has 0 heterocycles. The van der Waals surface area contributed by atoms with Gasteiger partial charge in [-0.05, 0) is 11.0 Å². The first-order chi connectivity index (χ1) is 5.00. The molecule has 0 spiro atoms. The molecule has 0 atom stereocenters. The molecule has 0 fully saturated rings. The maximum atomic E-state index is 3.86. The Labute approximate surface area is 69.3 Å². The molecule has 11 heavy (non-hydrogen) atoms. The maximum Gasteiger partial charge on any atom is 0.000179 e. The quantitative estimate of drug-likeness (QED) is 0.494. The zero-order chi connectivity index (χ0) is 8.48. The SMILES string of the molecule is C=C1C=CC(C(C)(C)C)C=C1. The van der Waals surface area contributed by atoms with Crippen LogP contribution in [0.15, 0.2) is 36.5 Å². The molecule has 1 rings (SSSR count). The van der Waals surface area contributed by atoms with Gasteiger partial charge in [0.25, 0.3) is 0 Å². The Hall–Kier alpha value is -0.780. The van der Waals surface area contributed by atoms with E-state index >= 15 is 0 Å². The highest BCUT2D eigenvalue weighted by atomic mass is 14.2. The van der Waals surface area contributed by atoms with E-state index < -0.39 is 0 Å². The Morgan fingerprint density at radius 3 is 2.00 bits per heavy atom. The van der Waals surface area contributed by atoms with Crippen molar-refractivity contribution < 1.29 is 0 Å². The number of hydrogen-bond donors (Lipinski definition) is 0. The van der Waals surface area contributed by atoms with Crippen molar-refractivity contribution in [2.45, 2.75) is 20.8 Å². The predicted octanol–water partition coefficient (Wildman–Crippen LogP) is 3.33. The second-order valence-electron chi connectivity index (χ2n) is 4.18. The van der Waals surface area contributed by atoms with Gasteiger partial charge in [0.05, 0.1) is 0 Å². The van der Waals surface area contributed by atoms with Crippen molar-refractivity contribution in [1.29, 1.82) is 0 Å². The topological polar surface area (TPSA) is 0 Å². The fourth-order valence-corrected chi connectivity index (χ4v) is 1.15. The molecular weight excluding hydrogens is 132 g/mol. The lowest BCUT2D eigenvalue weighted by atomic mass is 9.78. The van der Waals surface area contributed by atoms with Crippen LogP contribution in [0.3, 0.4) is 0 Å². The zero-order valence-corrected chi connectivity index (χ0v) is 7.59. The summed E-state index contributed by atoms with van der Waals surface area (Å²) in [5.74, 6) is 0.563. The molecule has 0 aromatic rings. The first kappa shape index (κ1) is 8.32. The molecule has 0 N–H and O–H groups in total. The first-order valence-corrected chi connectivity index (χ1v) is 4.05. The summed E-state index contributed by atoms with van der Waals surface area (Å²) in [6.45, 7) is 10.6. The summed E-state index contributed by atoms with van der Waals surface area (Å²) >= 11 is 0. The van der Waals surface area contributed by atoms with Crippen molar-refractivity contribution in [3.8, 4) is 0 Å². The maximum absolute atomic E-state index is 3.86. The molecule has 0 bridgehead atoms. The Bertz CT molecular complexity index is 195. The normalized spacial score (nSPS) is 19.4. The van der Waals surface area contributed by atoms with E-state index in [0.29, 0.717) is 11.3 Å². The predicted molar refractivity (Wildman–Crippen MR) is 50.4 cm³/mol. The van der Waals surface area contributed by atoms with Gasteiger partial charge in [-0.3, -0.25) is 0 Å². The average Bonchev–Trinajstić information content (AvgIpc) is 1.86. The summed E-state index contributed by atoms with van der Waals surface area (Å²) in [5.41, 5.74) is 1.44. The lowest BCUT2D eigenvalue weighted by molar-refractivity contribution is 0.342. The minimum absolute atomic E-state index is 0.341. The molecule has 0 saturated heterocycles. The minimum Gasteiger partial charge on any atom is -0.0918 e. The van der Waals surface area contributed by atoms with Gasteiger partial charge in [-0.2, -0.15) is 0 Å². The van der Waals surface area contributed by atoms with E-state index in [0.717, 1.165) is 5.57 Å². The van der Waals surface area contributed by atoms with Crippen LogP contribution in [0.1, 0.15) is 20.8 Å². The molecule has 0 radical (unpaired) electrons. The van der Waals surface area contributed by atoms with Crippen LogP contribution in [0, 0.1) is 11.3 Å². The van der Waals surface area contributed by atoms with E-state index in [-0.39, 0.29) is 0 Å². The van der Waals surface area contributed by atoms with Crippen molar-refractivity contribution in [3.63, 3.8) is 0 Å². The smallest absolute Gasteiger partial charge is 0.000179 e. The molecular formula is C11H16. The second-order valence-corrected chi connectivity index (χ2v) is 4.18. The van der Waals surface area contributed by atoms with Gasteiger partial charge in [0.1, 0.15) is 0 Å². The summed E-state index contributed by atoms with van der Waals surface area (Å²) in [6.07, 6.45) is 8.64. The van der Waals surface area contributed by atoms with Gasteiger partial charge in [-0.1, -0.05) is 51.7 Å². The molecule has 60 valence electrons. The van der Waals surface area contributed by atoms with Crippen LogP contribution in [0.25, 0.3) is 0 Å². The van der Waals surface area contributed by atoms with Gasteiger partial charge >= 0.3 is 0 Å². The molecule has 0 amide bonds. The minimum atomic E-state index is 0.341. The van der Waals surface area contributed by atoms with Crippen molar-refractivity contribution in [2.24, 2.45) is 11.3 Å². The molecule has 0 saturated carbocycles. The van der Waals surface area contributed by atoms with Crippen LogP contribution in [0.4, 0.5) is 0 Å². The first-order valence-electron chi connectivity index (χ1n) is 4.05. The third-order valence-electron chi connectivity index (χ3n) is 2.04. The summed E-state index contributed by atoms with van der Waals surface area (Å²) in [4.78, 5) is 0. The third-order valence-corrected chi connectivity index (χ3v) is 2.04. The van der Waals surface area contributed by atoms with Crippen LogP contribution in [-0.2, 0) is 0 Å². The molecule has 0 aromatic heterocycles. The second kappa shape index (κ2) is 2.69. The van der Waals surface area contributed by atoms with Crippen LogP contribution < -0.4 is 0 Å². The summed E-state index contributed by atoms with van der Waals surface area (Å²) in [6, 6.07) is 0. The van der Waals surface area contributed by atoms with Crippen LogP contribution in [0.2, 0.25) is 0 Å². The molecule has 0 unspecified atom stereocenters. The summed E-state index contributed by atoms with van der Waals surface area (Å²) in [5, 5.41) is 0. The van der Waals surface area contributed by atoms with Gasteiger partial charge in [-0.15, -0.1) is 0 Å². The molecule has 0 aliphatic heterocycles. The Kier molecular flexibility index (Phi) is 2.03. The molecule has 0 heteroatoms. The largest absolute Gasteiger partial charge is 0.0918 e. The van der Waals surface area contributed by atoms with E-state index in [4.69, 9.17) is 0 Å². The fraction of sp³-hybridized carbons (Fsp3) is 0.455. The molecule has 1 aliphatic rings. The van der Waals surface area contributed by atoms with Gasteiger partial charge in [0.15, 0.2) is 0 Å². The van der Waals surface area contributed by atoms with Gasteiger partial charge in [-0.25, -0.2) is 0 Å². The summed E-state index contributed by atoms with van der Waals surface area (Å²) < 4.78 is 0. The number of hydrogen-bond acceptors (Lipinski definition) is 0. The Morgan fingerprint density at radius 2 is 1.64 bits per heavy atom. The highest BCUT2D eigenvalue weighted by molar-refractivity contribution is 5.33. The van der Waals surface area contributed by atoms with E-state index in [9.17, 15) is 0 Å². The van der Waals surface area contributed by atoms with Gasteiger partial charge in [0, 0.05) is 5.92 Å². The Balaban J connectivity index is 2.73. The van der Waals surface area contributed by atoms with Crippen molar-refractivity contribution in [1.82, 2.24) is 0 Å². The monoisotopic (exact) mass is 148 g/mol. The lowest BCUT2D eigenvalue weighted by Crippen LogP contribution is -2.17. The summed E-state index contributed by atoms with van der Waals surface area (Å²) in [7, 11) is 0. The van der Waals surface area contributed by atoms with Crippen molar-refractivity contribution in [2.75, 3.05) is 0 Å². The van der Waals surface area contributed by atoms with Crippen molar-refractivity contribution in [3.05, 3.63) is 36.5 Å². The van der Waals surface area contributed by atoms with E-state index in [1.807, 2.05) is 0 Å². The van der Waals surface area contributed by atoms with Gasteiger partial charge in [0.2, 0.25) is 0 Å². The average molecular weight is 148 g/mol. The molecule has 0 aromatic carbocycles. The Morgan fingerprint density at radius 1 is 1.18 bits per heavy atom. The van der Waals surface area contributed by atoms with Gasteiger partial charge < -0.3 is 0 Å². The lowest BCUT2D eigenvalue weighted by Gasteiger charge is -2.26.